The SMILES string of the molecule is C[NH+]1CC2([N+](=O)[O-])CC([N+](=O)[O-])(C1)c1ccccc1C2=O. The molecule has 1 heterocycles. The molecule has 1 aliphatic heterocycles. The van der Waals surface area contributed by atoms with Crippen molar-refractivity contribution < 1.29 is 19.5 Å². The average molecular weight is 292 g/mol. The van der Waals surface area contributed by atoms with Crippen molar-refractivity contribution in [2.45, 2.75) is 17.5 Å². The number of hydrogen-bond acceptors (Lipinski definition) is 5. The monoisotopic (exact) mass is 292 g/mol. The largest absolute Gasteiger partial charge is 0.338 e. The van der Waals surface area contributed by atoms with Crippen LogP contribution < -0.4 is 4.90 Å². The van der Waals surface area contributed by atoms with E-state index >= 15 is 0 Å². The Hall–Kier alpha value is -2.35. The van der Waals surface area contributed by atoms with E-state index in [1.165, 1.54) is 6.07 Å². The predicted molar refractivity (Wildman–Crippen MR) is 70.4 cm³/mol. The number of nitro groups is 2. The summed E-state index contributed by atoms with van der Waals surface area (Å²) in [6, 6.07) is 6.20. The third kappa shape index (κ3) is 1.56. The van der Waals surface area contributed by atoms with Crippen LogP contribution in [0.5, 0.6) is 0 Å². The minimum absolute atomic E-state index is 0.0250. The molecule has 0 spiro atoms. The van der Waals surface area contributed by atoms with Crippen LogP contribution in [0.15, 0.2) is 24.3 Å². The van der Waals surface area contributed by atoms with Gasteiger partial charge in [-0.15, -0.1) is 0 Å². The van der Waals surface area contributed by atoms with Crippen molar-refractivity contribution in [3.05, 3.63) is 55.6 Å². The van der Waals surface area contributed by atoms with Crippen molar-refractivity contribution in [1.29, 1.82) is 0 Å². The van der Waals surface area contributed by atoms with Crippen molar-refractivity contribution in [2.24, 2.45) is 0 Å². The zero-order valence-corrected chi connectivity index (χ0v) is 11.4. The molecule has 1 fully saturated rings. The fourth-order valence-electron chi connectivity index (χ4n) is 3.80. The van der Waals surface area contributed by atoms with Gasteiger partial charge in [0.25, 0.3) is 0 Å². The van der Waals surface area contributed by atoms with Gasteiger partial charge in [-0.2, -0.15) is 0 Å². The Balaban J connectivity index is 2.35. The van der Waals surface area contributed by atoms with Crippen LogP contribution >= 0.6 is 0 Å². The normalized spacial score (nSPS) is 34.1. The number of piperidine rings is 1. The molecular formula is C13H14N3O5+. The van der Waals surface area contributed by atoms with Gasteiger partial charge in [0.15, 0.2) is 13.1 Å². The van der Waals surface area contributed by atoms with Crippen LogP contribution in [0.4, 0.5) is 0 Å². The summed E-state index contributed by atoms with van der Waals surface area (Å²) in [6.45, 7) is 0.114. The van der Waals surface area contributed by atoms with Crippen molar-refractivity contribution in [3.8, 4) is 0 Å². The zero-order chi connectivity index (χ0) is 15.4. The van der Waals surface area contributed by atoms with Crippen LogP contribution in [0.1, 0.15) is 22.3 Å². The number of Topliss-reactive ketones (excluding diaryl/α,β-unsaturated/α-hetero) is 1. The molecule has 8 heteroatoms. The number of quaternary nitrogens is 1. The van der Waals surface area contributed by atoms with Gasteiger partial charge >= 0.3 is 11.1 Å². The van der Waals surface area contributed by atoms with E-state index in [1.54, 1.807) is 25.2 Å². The van der Waals surface area contributed by atoms with Gasteiger partial charge in [-0.3, -0.25) is 25.0 Å². The number of nitrogens with zero attached hydrogens (tertiary/aromatic N) is 2. The molecule has 3 rings (SSSR count). The molecule has 0 aromatic heterocycles. The van der Waals surface area contributed by atoms with Gasteiger partial charge in [-0.05, 0) is 0 Å². The standard InChI is InChI=1S/C13H13N3O5/c1-14-7-12(15(18)19)6-13(8-14,16(20)21)11(17)9-4-2-3-5-10(9)12/h2-5H,6-8H2,1H3/p+1. The molecule has 1 N–H and O–H groups in total. The third-order valence-corrected chi connectivity index (χ3v) is 4.57. The van der Waals surface area contributed by atoms with E-state index < -0.39 is 26.7 Å². The van der Waals surface area contributed by atoms with Crippen molar-refractivity contribution in [2.75, 3.05) is 20.1 Å². The fourth-order valence-corrected chi connectivity index (χ4v) is 3.80. The molecule has 1 aromatic carbocycles. The summed E-state index contributed by atoms with van der Waals surface area (Å²) in [5.74, 6) is -0.611. The Kier molecular flexibility index (Phi) is 2.64. The Morgan fingerprint density at radius 3 is 2.29 bits per heavy atom. The van der Waals surface area contributed by atoms with E-state index in [1.807, 2.05) is 0 Å². The smallest absolute Gasteiger partial charge is 0.325 e. The number of rotatable bonds is 2. The number of carbonyl (C=O) groups excluding carboxylic acids is 1. The van der Waals surface area contributed by atoms with E-state index in [0.717, 1.165) is 0 Å². The molecule has 2 bridgehead atoms. The molecule has 3 atom stereocenters. The number of nitrogens with one attached hydrogen (secondary N) is 1. The van der Waals surface area contributed by atoms with E-state index in [9.17, 15) is 25.0 Å². The summed E-state index contributed by atoms with van der Waals surface area (Å²) >= 11 is 0. The van der Waals surface area contributed by atoms with Gasteiger partial charge in [0.2, 0.25) is 5.78 Å². The average Bonchev–Trinajstić information content (AvgIpc) is 2.44. The highest BCUT2D eigenvalue weighted by molar-refractivity contribution is 6.05. The van der Waals surface area contributed by atoms with Gasteiger partial charge in [-0.25, -0.2) is 0 Å². The van der Waals surface area contributed by atoms with Crippen molar-refractivity contribution in [1.82, 2.24) is 0 Å². The molecule has 1 saturated heterocycles. The Morgan fingerprint density at radius 2 is 1.67 bits per heavy atom. The lowest BCUT2D eigenvalue weighted by Gasteiger charge is -2.42. The highest BCUT2D eigenvalue weighted by Crippen LogP contribution is 2.44. The molecule has 0 amide bonds. The van der Waals surface area contributed by atoms with Crippen LogP contribution in [-0.2, 0) is 5.54 Å². The van der Waals surface area contributed by atoms with Gasteiger partial charge in [0.1, 0.15) is 6.42 Å². The number of carbonyl (C=O) groups is 1. The van der Waals surface area contributed by atoms with Crippen LogP contribution in [0.2, 0.25) is 0 Å². The second-order valence-corrected chi connectivity index (χ2v) is 5.94. The first-order valence-electron chi connectivity index (χ1n) is 6.58. The first-order valence-corrected chi connectivity index (χ1v) is 6.58. The van der Waals surface area contributed by atoms with E-state index in [-0.39, 0.29) is 25.1 Å². The molecule has 1 aromatic rings. The minimum Gasteiger partial charge on any atom is -0.325 e. The summed E-state index contributed by atoms with van der Waals surface area (Å²) in [5.41, 5.74) is -3.05. The van der Waals surface area contributed by atoms with Crippen LogP contribution in [-0.4, -0.2) is 41.3 Å². The fraction of sp³-hybridized carbons (Fsp3) is 0.462. The molecule has 3 unspecified atom stereocenters. The molecule has 8 nitrogen and oxygen atoms in total. The van der Waals surface area contributed by atoms with Gasteiger partial charge < -0.3 is 4.90 Å². The first kappa shape index (κ1) is 13.6. The lowest BCUT2D eigenvalue weighted by molar-refractivity contribution is -0.927. The summed E-state index contributed by atoms with van der Waals surface area (Å²) in [7, 11) is 1.65. The van der Waals surface area contributed by atoms with Crippen molar-refractivity contribution >= 4 is 5.78 Å². The second kappa shape index (κ2) is 4.08. The molecular weight excluding hydrogens is 278 g/mol. The summed E-state index contributed by atoms with van der Waals surface area (Å²) in [4.78, 5) is 35.4. The molecule has 110 valence electrons. The maximum Gasteiger partial charge on any atom is 0.338 e. The third-order valence-electron chi connectivity index (χ3n) is 4.57. The van der Waals surface area contributed by atoms with E-state index in [0.29, 0.717) is 10.5 Å². The van der Waals surface area contributed by atoms with Crippen molar-refractivity contribution in [3.63, 3.8) is 0 Å². The van der Waals surface area contributed by atoms with Crippen LogP contribution in [0.25, 0.3) is 0 Å². The number of likely N-dealkylation sites (N-methyl/N-ethyl adjacent to an activating group) is 1. The predicted octanol–water partition coefficient (Wildman–Crippen LogP) is -0.711. The molecule has 0 radical (unpaired) electrons. The number of fused-ring (bicyclic) bond motifs is 4. The molecule has 2 aliphatic rings. The van der Waals surface area contributed by atoms with Gasteiger partial charge in [0.05, 0.1) is 7.05 Å². The Morgan fingerprint density at radius 1 is 1.10 bits per heavy atom. The van der Waals surface area contributed by atoms with E-state index in [4.69, 9.17) is 0 Å². The molecule has 0 saturated carbocycles. The zero-order valence-electron chi connectivity index (χ0n) is 11.4. The maximum absolute atomic E-state index is 12.6. The van der Waals surface area contributed by atoms with Crippen LogP contribution in [0, 0.1) is 20.2 Å². The number of hydrogen-bond donors (Lipinski definition) is 1. The lowest BCUT2D eigenvalue weighted by atomic mass is 9.64. The number of ketones is 1. The second-order valence-electron chi connectivity index (χ2n) is 5.94. The Bertz CT molecular complexity index is 676. The van der Waals surface area contributed by atoms with Gasteiger partial charge in [0, 0.05) is 21.0 Å². The van der Waals surface area contributed by atoms with Gasteiger partial charge in [-0.1, -0.05) is 24.3 Å². The summed E-state index contributed by atoms with van der Waals surface area (Å²) in [6.07, 6.45) is -0.368. The molecule has 1 aliphatic carbocycles. The number of benzene rings is 1. The highest BCUT2D eigenvalue weighted by Gasteiger charge is 2.72. The topological polar surface area (TPSA) is 108 Å². The Labute approximate surface area is 119 Å². The summed E-state index contributed by atoms with van der Waals surface area (Å²) in [5, 5.41) is 23.3. The number of likely N-dealkylation sites (tertiary alicyclic amines) is 1. The highest BCUT2D eigenvalue weighted by atomic mass is 16.6. The van der Waals surface area contributed by atoms with Crippen LogP contribution in [0.3, 0.4) is 0 Å². The maximum atomic E-state index is 12.6. The lowest BCUT2D eigenvalue weighted by Crippen LogP contribution is -3.16. The van der Waals surface area contributed by atoms with E-state index in [2.05, 4.69) is 0 Å². The first-order chi connectivity index (χ1) is 9.83. The quantitative estimate of drug-likeness (QED) is 0.572. The molecule has 21 heavy (non-hydrogen) atoms. The summed E-state index contributed by atoms with van der Waals surface area (Å²) < 4.78 is 0. The minimum atomic E-state index is -1.90.